The number of aryl methyl sites for hydroxylation is 2. The third-order valence-corrected chi connectivity index (χ3v) is 3.18. The van der Waals surface area contributed by atoms with E-state index in [-0.39, 0.29) is 0 Å². The lowest BCUT2D eigenvalue weighted by molar-refractivity contribution is 0.635. The molecule has 0 aliphatic carbocycles. The Morgan fingerprint density at radius 3 is 3.20 bits per heavy atom. The highest BCUT2D eigenvalue weighted by atomic mass is 15.0. The second-order valence-electron chi connectivity index (χ2n) is 4.10. The molecular weight excluding hydrogens is 184 g/mol. The standard InChI is InChI=1S/C13H12N2/c14-7-6-11-9-15-8-2-4-10-3-1-5-12(11)13(10)15/h1,3,5,9H,2,4,6,8H2. The van der Waals surface area contributed by atoms with Crippen LogP contribution in [0.25, 0.3) is 10.9 Å². The number of hydrogen-bond donors (Lipinski definition) is 0. The van der Waals surface area contributed by atoms with Crippen LogP contribution >= 0.6 is 0 Å². The summed E-state index contributed by atoms with van der Waals surface area (Å²) in [4.78, 5) is 0. The van der Waals surface area contributed by atoms with Crippen LogP contribution in [0.15, 0.2) is 24.4 Å². The fraction of sp³-hybridized carbons (Fsp3) is 0.308. The van der Waals surface area contributed by atoms with Crippen molar-refractivity contribution in [2.45, 2.75) is 25.8 Å². The van der Waals surface area contributed by atoms with Crippen LogP contribution in [0.2, 0.25) is 0 Å². The van der Waals surface area contributed by atoms with Crippen LogP contribution in [-0.2, 0) is 19.4 Å². The lowest BCUT2D eigenvalue weighted by Gasteiger charge is -2.14. The van der Waals surface area contributed by atoms with Crippen molar-refractivity contribution in [1.29, 1.82) is 5.26 Å². The van der Waals surface area contributed by atoms with E-state index < -0.39 is 0 Å². The van der Waals surface area contributed by atoms with Gasteiger partial charge in [-0.2, -0.15) is 5.26 Å². The first-order chi connectivity index (χ1) is 7.40. The lowest BCUT2D eigenvalue weighted by atomic mass is 10.0. The van der Waals surface area contributed by atoms with Crippen LogP contribution in [0, 0.1) is 11.3 Å². The normalized spacial score (nSPS) is 14.1. The summed E-state index contributed by atoms with van der Waals surface area (Å²) in [6, 6.07) is 8.68. The third kappa shape index (κ3) is 1.16. The first-order valence-corrected chi connectivity index (χ1v) is 5.36. The van der Waals surface area contributed by atoms with Gasteiger partial charge in [-0.25, -0.2) is 0 Å². The molecule has 2 nitrogen and oxygen atoms in total. The van der Waals surface area contributed by atoms with Gasteiger partial charge in [0.05, 0.1) is 18.0 Å². The Bertz CT molecular complexity index is 558. The fourth-order valence-corrected chi connectivity index (χ4v) is 2.56. The maximum atomic E-state index is 8.79. The SMILES string of the molecule is N#CCc1cn2c3c(cccc13)CCC2. The van der Waals surface area contributed by atoms with Gasteiger partial charge in [-0.1, -0.05) is 18.2 Å². The molecule has 1 aliphatic heterocycles. The molecule has 0 bridgehead atoms. The minimum absolute atomic E-state index is 0.521. The van der Waals surface area contributed by atoms with E-state index in [4.69, 9.17) is 5.26 Å². The monoisotopic (exact) mass is 196 g/mol. The highest BCUT2D eigenvalue weighted by molar-refractivity contribution is 5.87. The summed E-state index contributed by atoms with van der Waals surface area (Å²) in [5.41, 5.74) is 3.97. The maximum Gasteiger partial charge on any atom is 0.0670 e. The molecule has 0 saturated heterocycles. The molecule has 2 heterocycles. The zero-order valence-corrected chi connectivity index (χ0v) is 8.53. The summed E-state index contributed by atoms with van der Waals surface area (Å²) in [6.07, 6.45) is 5.06. The highest BCUT2D eigenvalue weighted by Crippen LogP contribution is 2.29. The molecule has 0 unspecified atom stereocenters. The quantitative estimate of drug-likeness (QED) is 0.689. The number of rotatable bonds is 1. The van der Waals surface area contributed by atoms with Gasteiger partial charge in [-0.15, -0.1) is 0 Å². The van der Waals surface area contributed by atoms with E-state index in [0.29, 0.717) is 6.42 Å². The summed E-state index contributed by atoms with van der Waals surface area (Å²) in [5.74, 6) is 0. The molecule has 1 aromatic carbocycles. The number of para-hydroxylation sites is 1. The summed E-state index contributed by atoms with van der Waals surface area (Å²) in [7, 11) is 0. The van der Waals surface area contributed by atoms with E-state index in [1.165, 1.54) is 34.9 Å². The number of nitriles is 1. The van der Waals surface area contributed by atoms with Gasteiger partial charge in [0.25, 0.3) is 0 Å². The number of hydrogen-bond acceptors (Lipinski definition) is 1. The average Bonchev–Trinajstić information content (AvgIpc) is 2.61. The topological polar surface area (TPSA) is 28.7 Å². The number of benzene rings is 1. The molecule has 0 atom stereocenters. The molecule has 0 spiro atoms. The zero-order valence-electron chi connectivity index (χ0n) is 8.53. The van der Waals surface area contributed by atoms with Crippen LogP contribution in [0.3, 0.4) is 0 Å². The van der Waals surface area contributed by atoms with Gasteiger partial charge < -0.3 is 4.57 Å². The lowest BCUT2D eigenvalue weighted by Crippen LogP contribution is -2.05. The summed E-state index contributed by atoms with van der Waals surface area (Å²) < 4.78 is 2.31. The van der Waals surface area contributed by atoms with Gasteiger partial charge in [-0.3, -0.25) is 0 Å². The molecule has 3 rings (SSSR count). The predicted octanol–water partition coefficient (Wildman–Crippen LogP) is 2.65. The minimum atomic E-state index is 0.521. The Labute approximate surface area is 88.7 Å². The summed E-state index contributed by atoms with van der Waals surface area (Å²) >= 11 is 0. The number of nitrogens with zero attached hydrogens (tertiary/aromatic N) is 2. The van der Waals surface area contributed by atoms with Crippen molar-refractivity contribution >= 4 is 10.9 Å². The molecule has 15 heavy (non-hydrogen) atoms. The summed E-state index contributed by atoms with van der Waals surface area (Å²) in [6.45, 7) is 1.10. The van der Waals surface area contributed by atoms with Gasteiger partial charge in [0.1, 0.15) is 0 Å². The van der Waals surface area contributed by atoms with Crippen molar-refractivity contribution in [3.8, 4) is 6.07 Å². The molecule has 74 valence electrons. The van der Waals surface area contributed by atoms with E-state index >= 15 is 0 Å². The van der Waals surface area contributed by atoms with Crippen molar-refractivity contribution in [2.75, 3.05) is 0 Å². The van der Waals surface area contributed by atoms with E-state index in [9.17, 15) is 0 Å². The van der Waals surface area contributed by atoms with Gasteiger partial charge in [-0.05, 0) is 24.0 Å². The van der Waals surface area contributed by atoms with Crippen LogP contribution in [0.4, 0.5) is 0 Å². The maximum absolute atomic E-state index is 8.79. The average molecular weight is 196 g/mol. The molecule has 1 aromatic heterocycles. The predicted molar refractivity (Wildman–Crippen MR) is 59.6 cm³/mol. The molecule has 0 fully saturated rings. The second kappa shape index (κ2) is 3.13. The Morgan fingerprint density at radius 2 is 2.33 bits per heavy atom. The van der Waals surface area contributed by atoms with Crippen molar-refractivity contribution in [3.63, 3.8) is 0 Å². The van der Waals surface area contributed by atoms with E-state index in [1.807, 2.05) is 0 Å². The van der Waals surface area contributed by atoms with Crippen LogP contribution < -0.4 is 0 Å². The zero-order chi connectivity index (χ0) is 10.3. The van der Waals surface area contributed by atoms with Crippen molar-refractivity contribution in [2.24, 2.45) is 0 Å². The highest BCUT2D eigenvalue weighted by Gasteiger charge is 2.14. The minimum Gasteiger partial charge on any atom is -0.347 e. The van der Waals surface area contributed by atoms with Gasteiger partial charge in [0, 0.05) is 18.1 Å². The van der Waals surface area contributed by atoms with Crippen molar-refractivity contribution in [3.05, 3.63) is 35.5 Å². The molecule has 2 aromatic rings. The van der Waals surface area contributed by atoms with Gasteiger partial charge in [0.2, 0.25) is 0 Å². The van der Waals surface area contributed by atoms with Gasteiger partial charge >= 0.3 is 0 Å². The molecule has 0 saturated carbocycles. The van der Waals surface area contributed by atoms with Gasteiger partial charge in [0.15, 0.2) is 0 Å². The smallest absolute Gasteiger partial charge is 0.0670 e. The Kier molecular flexibility index (Phi) is 1.78. The van der Waals surface area contributed by atoms with Crippen molar-refractivity contribution < 1.29 is 0 Å². The Hall–Kier alpha value is -1.75. The van der Waals surface area contributed by atoms with Crippen LogP contribution in [0.5, 0.6) is 0 Å². The van der Waals surface area contributed by atoms with Crippen LogP contribution in [-0.4, -0.2) is 4.57 Å². The first kappa shape index (κ1) is 8.55. The molecule has 0 N–H and O–H groups in total. The first-order valence-electron chi connectivity index (χ1n) is 5.36. The molecule has 0 radical (unpaired) electrons. The third-order valence-electron chi connectivity index (χ3n) is 3.18. The Morgan fingerprint density at radius 1 is 1.40 bits per heavy atom. The molecular formula is C13H12N2. The molecule has 0 amide bonds. The van der Waals surface area contributed by atoms with E-state index in [2.05, 4.69) is 35.0 Å². The molecule has 1 aliphatic rings. The van der Waals surface area contributed by atoms with E-state index in [0.717, 1.165) is 6.54 Å². The second-order valence-corrected chi connectivity index (χ2v) is 4.10. The van der Waals surface area contributed by atoms with Crippen molar-refractivity contribution in [1.82, 2.24) is 4.57 Å². The molecule has 2 heteroatoms. The Balaban J connectivity index is 2.34. The largest absolute Gasteiger partial charge is 0.347 e. The fourth-order valence-electron chi connectivity index (χ4n) is 2.56. The number of aromatic nitrogens is 1. The summed E-state index contributed by atoms with van der Waals surface area (Å²) in [5, 5.41) is 10.1. The van der Waals surface area contributed by atoms with Crippen LogP contribution in [0.1, 0.15) is 17.5 Å². The van der Waals surface area contributed by atoms with E-state index in [1.54, 1.807) is 0 Å².